The molecule has 0 radical (unpaired) electrons. The molecular formula is C14H21N3O2S. The van der Waals surface area contributed by atoms with Crippen LogP contribution < -0.4 is 10.5 Å². The summed E-state index contributed by atoms with van der Waals surface area (Å²) in [5.74, 6) is 0.791. The van der Waals surface area contributed by atoms with Crippen molar-refractivity contribution in [3.8, 4) is 5.75 Å². The van der Waals surface area contributed by atoms with E-state index >= 15 is 0 Å². The Balaban J connectivity index is 2.16. The van der Waals surface area contributed by atoms with Crippen molar-refractivity contribution >= 4 is 22.8 Å². The molecule has 2 rings (SSSR count). The highest BCUT2D eigenvalue weighted by molar-refractivity contribution is 7.99. The topological polar surface area (TPSA) is 84.2 Å². The van der Waals surface area contributed by atoms with Gasteiger partial charge >= 0.3 is 0 Å². The summed E-state index contributed by atoms with van der Waals surface area (Å²) in [5, 5.41) is 10.2. The maximum absolute atomic E-state index is 9.48. The number of nitrogens with one attached hydrogen (secondary N) is 1. The van der Waals surface area contributed by atoms with Crippen molar-refractivity contribution in [3.63, 3.8) is 0 Å². The molecule has 0 aliphatic heterocycles. The van der Waals surface area contributed by atoms with E-state index in [4.69, 9.17) is 10.5 Å². The SMILES string of the molecule is CCCC(N)C(CO)Sc1nc2ccc(OC)cc2[nH]1. The number of aliphatic hydroxyl groups excluding tert-OH is 1. The van der Waals surface area contributed by atoms with Gasteiger partial charge in [0.05, 0.1) is 30.0 Å². The van der Waals surface area contributed by atoms with Crippen molar-refractivity contribution in [3.05, 3.63) is 18.2 Å². The molecule has 6 heteroatoms. The average molecular weight is 295 g/mol. The largest absolute Gasteiger partial charge is 0.497 e. The fourth-order valence-corrected chi connectivity index (χ4v) is 3.06. The highest BCUT2D eigenvalue weighted by atomic mass is 32.2. The summed E-state index contributed by atoms with van der Waals surface area (Å²) in [6.07, 6.45) is 1.90. The van der Waals surface area contributed by atoms with Crippen LogP contribution in [-0.2, 0) is 0 Å². The molecule has 110 valence electrons. The first-order valence-electron chi connectivity index (χ1n) is 6.74. The Morgan fingerprint density at radius 1 is 1.50 bits per heavy atom. The lowest BCUT2D eigenvalue weighted by molar-refractivity contribution is 0.279. The number of H-pyrrole nitrogens is 1. The minimum absolute atomic E-state index is 0.0299. The molecule has 5 nitrogen and oxygen atoms in total. The van der Waals surface area contributed by atoms with E-state index in [1.54, 1.807) is 7.11 Å². The van der Waals surface area contributed by atoms with E-state index < -0.39 is 0 Å². The van der Waals surface area contributed by atoms with Crippen LogP contribution in [0.2, 0.25) is 0 Å². The Kier molecular flexibility index (Phi) is 5.28. The van der Waals surface area contributed by atoms with E-state index in [1.165, 1.54) is 11.8 Å². The third-order valence-corrected chi connectivity index (χ3v) is 4.43. The van der Waals surface area contributed by atoms with E-state index in [9.17, 15) is 5.11 Å². The third kappa shape index (κ3) is 3.45. The Morgan fingerprint density at radius 2 is 2.30 bits per heavy atom. The molecule has 1 heterocycles. The summed E-state index contributed by atoms with van der Waals surface area (Å²) in [4.78, 5) is 7.74. The summed E-state index contributed by atoms with van der Waals surface area (Å²) in [6.45, 7) is 2.14. The van der Waals surface area contributed by atoms with Crippen LogP contribution in [-0.4, -0.2) is 40.1 Å². The van der Waals surface area contributed by atoms with E-state index in [0.29, 0.717) is 0 Å². The number of rotatable bonds is 7. The van der Waals surface area contributed by atoms with Crippen LogP contribution >= 0.6 is 11.8 Å². The second-order valence-electron chi connectivity index (χ2n) is 4.72. The number of thioether (sulfide) groups is 1. The van der Waals surface area contributed by atoms with E-state index in [0.717, 1.165) is 34.8 Å². The van der Waals surface area contributed by atoms with Crippen LogP contribution in [0, 0.1) is 0 Å². The van der Waals surface area contributed by atoms with E-state index in [2.05, 4.69) is 16.9 Å². The molecule has 20 heavy (non-hydrogen) atoms. The number of nitrogens with zero attached hydrogens (tertiary/aromatic N) is 1. The van der Waals surface area contributed by atoms with E-state index in [-0.39, 0.29) is 17.9 Å². The summed E-state index contributed by atoms with van der Waals surface area (Å²) in [6, 6.07) is 5.67. The molecule has 0 fully saturated rings. The number of nitrogens with two attached hydrogens (primary N) is 1. The Bertz CT molecular complexity index is 558. The zero-order valence-electron chi connectivity index (χ0n) is 11.8. The second-order valence-corrected chi connectivity index (χ2v) is 5.94. The lowest BCUT2D eigenvalue weighted by atomic mass is 10.1. The fraction of sp³-hybridized carbons (Fsp3) is 0.500. The zero-order valence-corrected chi connectivity index (χ0v) is 12.6. The fourth-order valence-electron chi connectivity index (χ4n) is 2.07. The van der Waals surface area contributed by atoms with Gasteiger partial charge in [-0.15, -0.1) is 0 Å². The van der Waals surface area contributed by atoms with Crippen LogP contribution in [0.15, 0.2) is 23.4 Å². The van der Waals surface area contributed by atoms with Gasteiger partial charge in [-0.1, -0.05) is 25.1 Å². The van der Waals surface area contributed by atoms with Crippen molar-refractivity contribution in [2.75, 3.05) is 13.7 Å². The van der Waals surface area contributed by atoms with Gasteiger partial charge in [-0.2, -0.15) is 0 Å². The number of fused-ring (bicyclic) bond motifs is 1. The molecule has 2 atom stereocenters. The lowest BCUT2D eigenvalue weighted by Gasteiger charge is -2.19. The first kappa shape index (κ1) is 15.2. The summed E-state index contributed by atoms with van der Waals surface area (Å²) in [5.41, 5.74) is 7.89. The first-order valence-corrected chi connectivity index (χ1v) is 7.62. The normalized spacial score (nSPS) is 14.4. The molecule has 0 saturated heterocycles. The maximum Gasteiger partial charge on any atom is 0.166 e. The quantitative estimate of drug-likeness (QED) is 0.682. The average Bonchev–Trinajstić information content (AvgIpc) is 2.86. The number of imidazole rings is 1. The number of aromatic amines is 1. The number of ether oxygens (including phenoxy) is 1. The van der Waals surface area contributed by atoms with Gasteiger partial charge < -0.3 is 20.6 Å². The molecule has 4 N–H and O–H groups in total. The number of benzene rings is 1. The minimum Gasteiger partial charge on any atom is -0.497 e. The first-order chi connectivity index (χ1) is 9.67. The molecule has 2 aromatic rings. The predicted molar refractivity (Wildman–Crippen MR) is 82.3 cm³/mol. The highest BCUT2D eigenvalue weighted by Crippen LogP contribution is 2.27. The summed E-state index contributed by atoms with van der Waals surface area (Å²) < 4.78 is 5.19. The molecule has 0 aliphatic rings. The number of aromatic nitrogens is 2. The van der Waals surface area contributed by atoms with Crippen molar-refractivity contribution < 1.29 is 9.84 Å². The molecule has 1 aromatic carbocycles. The molecule has 1 aromatic heterocycles. The van der Waals surface area contributed by atoms with Crippen LogP contribution in [0.3, 0.4) is 0 Å². The van der Waals surface area contributed by atoms with Gasteiger partial charge in [-0.05, 0) is 18.6 Å². The van der Waals surface area contributed by atoms with Gasteiger partial charge in [0.15, 0.2) is 5.16 Å². The van der Waals surface area contributed by atoms with Gasteiger partial charge in [0.1, 0.15) is 5.75 Å². The Labute approximate surface area is 122 Å². The molecule has 0 saturated carbocycles. The van der Waals surface area contributed by atoms with Gasteiger partial charge in [-0.25, -0.2) is 4.98 Å². The number of hydrogen-bond acceptors (Lipinski definition) is 5. The van der Waals surface area contributed by atoms with Crippen LogP contribution in [0.4, 0.5) is 0 Å². The third-order valence-electron chi connectivity index (χ3n) is 3.21. The lowest BCUT2D eigenvalue weighted by Crippen LogP contribution is -2.34. The number of aliphatic hydroxyl groups is 1. The van der Waals surface area contributed by atoms with Crippen molar-refractivity contribution in [2.24, 2.45) is 5.73 Å². The minimum atomic E-state index is -0.0441. The Morgan fingerprint density at radius 3 is 2.95 bits per heavy atom. The smallest absolute Gasteiger partial charge is 0.166 e. The summed E-state index contributed by atoms with van der Waals surface area (Å²) >= 11 is 1.49. The van der Waals surface area contributed by atoms with Crippen LogP contribution in [0.1, 0.15) is 19.8 Å². The van der Waals surface area contributed by atoms with Gasteiger partial charge in [-0.3, -0.25) is 0 Å². The molecule has 0 bridgehead atoms. The van der Waals surface area contributed by atoms with Gasteiger partial charge in [0.2, 0.25) is 0 Å². The standard InChI is InChI=1S/C14H21N3O2S/c1-3-4-10(15)13(8-18)20-14-16-11-6-5-9(19-2)7-12(11)17-14/h5-7,10,13,18H,3-4,8,15H2,1-2H3,(H,16,17). The highest BCUT2D eigenvalue weighted by Gasteiger charge is 2.19. The van der Waals surface area contributed by atoms with Crippen molar-refractivity contribution in [2.45, 2.75) is 36.2 Å². The number of hydrogen-bond donors (Lipinski definition) is 3. The molecule has 0 amide bonds. The van der Waals surface area contributed by atoms with Gasteiger partial charge in [0.25, 0.3) is 0 Å². The van der Waals surface area contributed by atoms with E-state index in [1.807, 2.05) is 18.2 Å². The van der Waals surface area contributed by atoms with Crippen molar-refractivity contribution in [1.29, 1.82) is 0 Å². The second kappa shape index (κ2) is 6.97. The maximum atomic E-state index is 9.48. The Hall–Kier alpha value is -1.24. The number of methoxy groups -OCH3 is 1. The van der Waals surface area contributed by atoms with Gasteiger partial charge in [0, 0.05) is 12.1 Å². The zero-order chi connectivity index (χ0) is 14.5. The van der Waals surface area contributed by atoms with Crippen LogP contribution in [0.5, 0.6) is 5.75 Å². The predicted octanol–water partition coefficient (Wildman–Crippen LogP) is 2.15. The molecule has 2 unspecified atom stereocenters. The molecule has 0 spiro atoms. The summed E-state index contributed by atoms with van der Waals surface area (Å²) in [7, 11) is 1.64. The monoisotopic (exact) mass is 295 g/mol. The molecular weight excluding hydrogens is 274 g/mol. The van der Waals surface area contributed by atoms with Crippen molar-refractivity contribution in [1.82, 2.24) is 9.97 Å². The molecule has 0 aliphatic carbocycles. The van der Waals surface area contributed by atoms with Crippen LogP contribution in [0.25, 0.3) is 11.0 Å².